The summed E-state index contributed by atoms with van der Waals surface area (Å²) in [5.74, 6) is -0.0990. The Morgan fingerprint density at radius 1 is 1.12 bits per heavy atom. The van der Waals surface area contributed by atoms with Crippen LogP contribution in [0.2, 0.25) is 0 Å². The van der Waals surface area contributed by atoms with E-state index >= 15 is 0 Å². The van der Waals surface area contributed by atoms with Crippen LogP contribution >= 0.6 is 0 Å². The minimum absolute atomic E-state index is 0.110. The maximum atomic E-state index is 12.9. The van der Waals surface area contributed by atoms with Crippen LogP contribution < -0.4 is 10.2 Å². The van der Waals surface area contributed by atoms with E-state index in [4.69, 9.17) is 0 Å². The molecule has 0 spiro atoms. The van der Waals surface area contributed by atoms with Gasteiger partial charge in [-0.1, -0.05) is 0 Å². The van der Waals surface area contributed by atoms with Crippen LogP contribution in [0.15, 0.2) is 24.4 Å². The summed E-state index contributed by atoms with van der Waals surface area (Å²) in [6.07, 6.45) is -0.664. The molecule has 1 N–H and O–H groups in total. The number of anilines is 3. The van der Waals surface area contributed by atoms with Crippen LogP contribution in [0.1, 0.15) is 24.4 Å². The first-order chi connectivity index (χ1) is 12.4. The normalized spacial score (nSPS) is 15.0. The van der Waals surface area contributed by atoms with Gasteiger partial charge in [-0.15, -0.1) is 5.10 Å². The Morgan fingerprint density at radius 3 is 2.54 bits per heavy atom. The van der Waals surface area contributed by atoms with Gasteiger partial charge in [0, 0.05) is 24.8 Å². The third-order valence-electron chi connectivity index (χ3n) is 4.14. The topological polar surface area (TPSA) is 71.2 Å². The second-order valence-electron chi connectivity index (χ2n) is 6.15. The molecule has 1 aliphatic rings. The monoisotopic (exact) mass is 363 g/mol. The number of nitrogens with one attached hydrogen (secondary N) is 1. The van der Waals surface area contributed by atoms with Crippen LogP contribution in [0.4, 0.5) is 30.5 Å². The third-order valence-corrected chi connectivity index (χ3v) is 4.14. The average Bonchev–Trinajstić information content (AvgIpc) is 3.24. The van der Waals surface area contributed by atoms with Crippen molar-refractivity contribution in [2.75, 3.05) is 23.3 Å². The van der Waals surface area contributed by atoms with E-state index in [0.29, 0.717) is 17.2 Å². The molecule has 3 aromatic heterocycles. The number of hydrogen-bond donors (Lipinski definition) is 1. The molecule has 0 aliphatic carbocycles. The second-order valence-corrected chi connectivity index (χ2v) is 6.15. The number of rotatable bonds is 3. The summed E-state index contributed by atoms with van der Waals surface area (Å²) in [7, 11) is 0. The van der Waals surface area contributed by atoms with Gasteiger partial charge < -0.3 is 10.2 Å². The van der Waals surface area contributed by atoms with Crippen molar-refractivity contribution in [1.29, 1.82) is 0 Å². The maximum absolute atomic E-state index is 12.9. The Kier molecular flexibility index (Phi) is 3.89. The van der Waals surface area contributed by atoms with E-state index in [-0.39, 0.29) is 5.78 Å². The number of aryl methyl sites for hydroxylation is 1. The first-order valence-corrected chi connectivity index (χ1v) is 8.20. The number of aromatic nitrogens is 5. The van der Waals surface area contributed by atoms with Crippen molar-refractivity contribution in [2.45, 2.75) is 25.9 Å². The van der Waals surface area contributed by atoms with Crippen LogP contribution in [-0.2, 0) is 6.18 Å². The molecule has 0 saturated carbocycles. The fraction of sp³-hybridized carbons (Fsp3) is 0.375. The SMILES string of the molecule is Cc1cc(Nc2ccc(N3CCCC3)nc2)n2nc(C(F)(F)F)nc2n1. The molecule has 0 aromatic carbocycles. The van der Waals surface area contributed by atoms with E-state index < -0.39 is 12.0 Å². The quantitative estimate of drug-likeness (QED) is 0.771. The van der Waals surface area contributed by atoms with E-state index in [0.717, 1.165) is 36.3 Å². The Bertz CT molecular complexity index is 927. The molecule has 0 radical (unpaired) electrons. The molecule has 4 rings (SSSR count). The highest BCUT2D eigenvalue weighted by Crippen LogP contribution is 2.28. The lowest BCUT2D eigenvalue weighted by Gasteiger charge is -2.16. The lowest BCUT2D eigenvalue weighted by Crippen LogP contribution is -2.18. The van der Waals surface area contributed by atoms with Crippen LogP contribution in [0.25, 0.3) is 5.78 Å². The molecule has 3 aromatic rings. The third kappa shape index (κ3) is 3.14. The molecule has 1 fully saturated rings. The molecule has 0 amide bonds. The highest BCUT2D eigenvalue weighted by Gasteiger charge is 2.36. The van der Waals surface area contributed by atoms with E-state index in [1.54, 1.807) is 19.2 Å². The van der Waals surface area contributed by atoms with Crippen molar-refractivity contribution in [1.82, 2.24) is 24.6 Å². The summed E-state index contributed by atoms with van der Waals surface area (Å²) in [6, 6.07) is 5.33. The fourth-order valence-corrected chi connectivity index (χ4v) is 2.94. The van der Waals surface area contributed by atoms with E-state index in [9.17, 15) is 13.2 Å². The Balaban J connectivity index is 1.64. The minimum Gasteiger partial charge on any atom is -0.357 e. The van der Waals surface area contributed by atoms with Gasteiger partial charge in [0.2, 0.25) is 0 Å². The zero-order valence-corrected chi connectivity index (χ0v) is 14.0. The summed E-state index contributed by atoms with van der Waals surface area (Å²) in [5.41, 5.74) is 1.17. The van der Waals surface area contributed by atoms with Crippen molar-refractivity contribution < 1.29 is 13.2 Å². The van der Waals surface area contributed by atoms with Gasteiger partial charge >= 0.3 is 6.18 Å². The molecule has 136 valence electrons. The predicted molar refractivity (Wildman–Crippen MR) is 89.5 cm³/mol. The number of hydrogen-bond acceptors (Lipinski definition) is 6. The summed E-state index contributed by atoms with van der Waals surface area (Å²) >= 11 is 0. The second kappa shape index (κ2) is 6.11. The zero-order chi connectivity index (χ0) is 18.3. The molecule has 0 bridgehead atoms. The van der Waals surface area contributed by atoms with Gasteiger partial charge in [-0.3, -0.25) is 0 Å². The molecule has 7 nitrogen and oxygen atoms in total. The van der Waals surface area contributed by atoms with Crippen molar-refractivity contribution in [2.24, 2.45) is 0 Å². The number of pyridine rings is 1. The van der Waals surface area contributed by atoms with Gasteiger partial charge in [0.05, 0.1) is 11.9 Å². The van der Waals surface area contributed by atoms with Crippen molar-refractivity contribution in [3.8, 4) is 0 Å². The standard InChI is InChI=1S/C16H16F3N7/c1-10-8-13(26-15(21-10)23-14(24-26)16(17,18)19)22-11-4-5-12(20-9-11)25-6-2-3-7-25/h4-5,8-9,22H,2-3,6-7H2,1H3. The Hall–Kier alpha value is -2.91. The van der Waals surface area contributed by atoms with Crippen LogP contribution in [0.5, 0.6) is 0 Å². The summed E-state index contributed by atoms with van der Waals surface area (Å²) in [5, 5.41) is 6.57. The molecule has 0 atom stereocenters. The lowest BCUT2D eigenvalue weighted by molar-refractivity contribution is -0.144. The highest BCUT2D eigenvalue weighted by molar-refractivity contribution is 5.59. The first kappa shape index (κ1) is 16.6. The van der Waals surface area contributed by atoms with Gasteiger partial charge in [-0.05, 0) is 31.9 Å². The number of alkyl halides is 3. The van der Waals surface area contributed by atoms with Gasteiger partial charge in [0.15, 0.2) is 0 Å². The minimum atomic E-state index is -4.63. The fourth-order valence-electron chi connectivity index (χ4n) is 2.94. The number of fused-ring (bicyclic) bond motifs is 1. The van der Waals surface area contributed by atoms with E-state index in [1.807, 2.05) is 12.1 Å². The summed E-state index contributed by atoms with van der Waals surface area (Å²) in [4.78, 5) is 14.1. The van der Waals surface area contributed by atoms with Crippen LogP contribution in [0, 0.1) is 6.92 Å². The Morgan fingerprint density at radius 2 is 1.88 bits per heavy atom. The smallest absolute Gasteiger partial charge is 0.357 e. The molecule has 1 aliphatic heterocycles. The maximum Gasteiger partial charge on any atom is 0.453 e. The lowest BCUT2D eigenvalue weighted by atomic mass is 10.3. The van der Waals surface area contributed by atoms with Crippen molar-refractivity contribution >= 4 is 23.1 Å². The number of nitrogens with zero attached hydrogens (tertiary/aromatic N) is 6. The first-order valence-electron chi connectivity index (χ1n) is 8.20. The average molecular weight is 363 g/mol. The van der Waals surface area contributed by atoms with Gasteiger partial charge in [0.25, 0.3) is 11.6 Å². The van der Waals surface area contributed by atoms with Gasteiger partial charge in [-0.2, -0.15) is 22.7 Å². The molecule has 1 saturated heterocycles. The largest absolute Gasteiger partial charge is 0.453 e. The van der Waals surface area contributed by atoms with Crippen LogP contribution in [-0.4, -0.2) is 37.7 Å². The summed E-state index contributed by atoms with van der Waals surface area (Å²) in [6.45, 7) is 3.66. The highest BCUT2D eigenvalue weighted by atomic mass is 19.4. The van der Waals surface area contributed by atoms with Gasteiger partial charge in [-0.25, -0.2) is 9.97 Å². The van der Waals surface area contributed by atoms with Crippen molar-refractivity contribution in [3.05, 3.63) is 35.9 Å². The van der Waals surface area contributed by atoms with E-state index in [2.05, 4.69) is 30.3 Å². The van der Waals surface area contributed by atoms with Gasteiger partial charge in [0.1, 0.15) is 11.6 Å². The molecular formula is C16H16F3N7. The molecule has 0 unspecified atom stereocenters. The molecule has 4 heterocycles. The van der Waals surface area contributed by atoms with Crippen LogP contribution in [0.3, 0.4) is 0 Å². The Labute approximate surface area is 146 Å². The predicted octanol–water partition coefficient (Wildman–Crippen LogP) is 3.19. The molecule has 10 heteroatoms. The van der Waals surface area contributed by atoms with E-state index in [1.165, 1.54) is 0 Å². The molecular weight excluding hydrogens is 347 g/mol. The zero-order valence-electron chi connectivity index (χ0n) is 14.0. The van der Waals surface area contributed by atoms with Crippen molar-refractivity contribution in [3.63, 3.8) is 0 Å². The molecule has 26 heavy (non-hydrogen) atoms. The summed E-state index contributed by atoms with van der Waals surface area (Å²) < 4.78 is 39.7. The number of halogens is 3.